The number of benzene rings is 1. The van der Waals surface area contributed by atoms with Crippen LogP contribution in [-0.2, 0) is 14.9 Å². The number of carbonyl (C=O) groups is 1. The van der Waals surface area contributed by atoms with Crippen LogP contribution in [0.1, 0.15) is 26.5 Å². The molecule has 1 fully saturated rings. The van der Waals surface area contributed by atoms with Crippen LogP contribution in [0.3, 0.4) is 0 Å². The average molecular weight is 419 g/mol. The number of amides is 1. The largest absolute Gasteiger partial charge is 0.378 e. The van der Waals surface area contributed by atoms with Gasteiger partial charge in [0.05, 0.1) is 30.3 Å². The van der Waals surface area contributed by atoms with Crippen molar-refractivity contribution in [1.29, 1.82) is 0 Å². The van der Waals surface area contributed by atoms with E-state index in [-0.39, 0.29) is 17.1 Å². The Hall–Kier alpha value is -1.90. The van der Waals surface area contributed by atoms with Gasteiger partial charge in [0.2, 0.25) is 5.91 Å². The molecule has 150 valence electrons. The number of rotatable bonds is 4. The fourth-order valence-corrected chi connectivity index (χ4v) is 4.34. The molecule has 1 aromatic carbocycles. The summed E-state index contributed by atoms with van der Waals surface area (Å²) >= 11 is 2.91. The van der Waals surface area contributed by atoms with Gasteiger partial charge in [-0.3, -0.25) is 4.79 Å². The summed E-state index contributed by atoms with van der Waals surface area (Å²) in [5.74, 6) is 0.210. The molecule has 3 rings (SSSR count). The number of carbonyl (C=O) groups excluding carboxylic acids is 1. The number of para-hydroxylation sites is 1. The summed E-state index contributed by atoms with van der Waals surface area (Å²) in [6.45, 7) is 9.24. The normalized spacial score (nSPS) is 15.5. The number of hydrogen-bond donors (Lipinski definition) is 1. The van der Waals surface area contributed by atoms with Crippen LogP contribution < -0.4 is 5.32 Å². The highest BCUT2D eigenvalue weighted by Crippen LogP contribution is 2.26. The molecule has 0 atom stereocenters. The molecule has 0 radical (unpaired) electrons. The lowest BCUT2D eigenvalue weighted by molar-refractivity contribution is -0.113. The van der Waals surface area contributed by atoms with Gasteiger partial charge in [0.1, 0.15) is 0 Å². The average Bonchev–Trinajstić information content (AvgIpc) is 3.15. The minimum Gasteiger partial charge on any atom is -0.378 e. The van der Waals surface area contributed by atoms with Gasteiger partial charge in [-0.05, 0) is 12.1 Å². The molecule has 0 saturated carbocycles. The van der Waals surface area contributed by atoms with Crippen LogP contribution in [0.4, 0.5) is 10.8 Å². The molecular weight excluding hydrogens is 392 g/mol. The van der Waals surface area contributed by atoms with Gasteiger partial charge in [-0.25, -0.2) is 9.98 Å². The summed E-state index contributed by atoms with van der Waals surface area (Å²) in [4.78, 5) is 23.9. The van der Waals surface area contributed by atoms with E-state index in [0.717, 1.165) is 29.6 Å². The third kappa shape index (κ3) is 6.05. The third-order valence-corrected chi connectivity index (χ3v) is 5.89. The molecule has 1 N–H and O–H groups in total. The van der Waals surface area contributed by atoms with E-state index in [4.69, 9.17) is 9.73 Å². The first-order valence-electron chi connectivity index (χ1n) is 9.27. The van der Waals surface area contributed by atoms with Crippen molar-refractivity contribution in [2.24, 2.45) is 4.99 Å². The van der Waals surface area contributed by atoms with E-state index in [9.17, 15) is 4.79 Å². The molecule has 28 heavy (non-hydrogen) atoms. The molecule has 0 spiro atoms. The van der Waals surface area contributed by atoms with Gasteiger partial charge in [-0.15, -0.1) is 11.3 Å². The number of hydrogen-bond acceptors (Lipinski definition) is 6. The zero-order valence-electron chi connectivity index (χ0n) is 16.5. The van der Waals surface area contributed by atoms with E-state index in [2.05, 4.69) is 36.0 Å². The maximum absolute atomic E-state index is 12.4. The molecule has 0 aliphatic carbocycles. The van der Waals surface area contributed by atoms with Crippen molar-refractivity contribution in [1.82, 2.24) is 9.88 Å². The van der Waals surface area contributed by atoms with Gasteiger partial charge in [-0.2, -0.15) is 0 Å². The number of morpholine rings is 1. The standard InChI is InChI=1S/C20H26N4O2S2/c1-20(2,3)16-13-27-18(22-16)23-17(25)14-28-19(24-9-11-26-12-10-24)21-15-7-5-4-6-8-15/h4-8,13H,9-12,14H2,1-3H3,(H,22,23,25). The van der Waals surface area contributed by atoms with Crippen molar-refractivity contribution in [2.75, 3.05) is 37.4 Å². The molecule has 2 heterocycles. The number of aromatic nitrogens is 1. The molecule has 1 aliphatic rings. The summed E-state index contributed by atoms with van der Waals surface area (Å²) in [7, 11) is 0. The molecule has 2 aromatic rings. The fraction of sp³-hybridized carbons (Fsp3) is 0.450. The van der Waals surface area contributed by atoms with Crippen molar-refractivity contribution >= 4 is 45.0 Å². The summed E-state index contributed by atoms with van der Waals surface area (Å²) in [6.07, 6.45) is 0. The van der Waals surface area contributed by atoms with Gasteiger partial charge in [0.15, 0.2) is 10.3 Å². The highest BCUT2D eigenvalue weighted by Gasteiger charge is 2.20. The van der Waals surface area contributed by atoms with Crippen molar-refractivity contribution < 1.29 is 9.53 Å². The molecule has 1 aromatic heterocycles. The number of amidine groups is 1. The van der Waals surface area contributed by atoms with Crippen LogP contribution >= 0.6 is 23.1 Å². The Kier molecular flexibility index (Phi) is 7.09. The van der Waals surface area contributed by atoms with E-state index >= 15 is 0 Å². The van der Waals surface area contributed by atoms with Crippen LogP contribution in [0.5, 0.6) is 0 Å². The first-order chi connectivity index (χ1) is 13.4. The number of thioether (sulfide) groups is 1. The van der Waals surface area contributed by atoms with Crippen LogP contribution in [0.25, 0.3) is 0 Å². The summed E-state index contributed by atoms with van der Waals surface area (Å²) < 4.78 is 5.44. The van der Waals surface area contributed by atoms with Gasteiger partial charge < -0.3 is 15.0 Å². The minimum absolute atomic E-state index is 0.0277. The Balaban J connectivity index is 1.63. The van der Waals surface area contributed by atoms with Gasteiger partial charge >= 0.3 is 0 Å². The van der Waals surface area contributed by atoms with Crippen LogP contribution in [0.2, 0.25) is 0 Å². The molecule has 1 saturated heterocycles. The summed E-state index contributed by atoms with van der Waals surface area (Å²) in [5, 5.41) is 6.39. The van der Waals surface area contributed by atoms with E-state index in [1.165, 1.54) is 23.1 Å². The molecule has 0 unspecified atom stereocenters. The van der Waals surface area contributed by atoms with E-state index in [1.54, 1.807) is 0 Å². The van der Waals surface area contributed by atoms with Crippen molar-refractivity contribution in [3.63, 3.8) is 0 Å². The molecule has 0 bridgehead atoms. The summed E-state index contributed by atoms with van der Waals surface area (Å²) in [6, 6.07) is 9.81. The molecule has 1 aliphatic heterocycles. The maximum Gasteiger partial charge on any atom is 0.236 e. The number of thiazole rings is 1. The number of anilines is 1. The Morgan fingerprint density at radius 3 is 2.64 bits per heavy atom. The fourth-order valence-electron chi connectivity index (χ4n) is 2.52. The van der Waals surface area contributed by atoms with Gasteiger partial charge in [-0.1, -0.05) is 50.7 Å². The number of ether oxygens (including phenoxy) is 1. The van der Waals surface area contributed by atoms with E-state index in [1.807, 2.05) is 35.7 Å². The van der Waals surface area contributed by atoms with Crippen LogP contribution in [-0.4, -0.2) is 53.0 Å². The highest BCUT2D eigenvalue weighted by molar-refractivity contribution is 8.14. The molecule has 6 nitrogen and oxygen atoms in total. The van der Waals surface area contributed by atoms with Gasteiger partial charge in [0, 0.05) is 23.9 Å². The van der Waals surface area contributed by atoms with E-state index in [0.29, 0.717) is 18.3 Å². The van der Waals surface area contributed by atoms with E-state index < -0.39 is 0 Å². The SMILES string of the molecule is CC(C)(C)c1csc(NC(=O)CSC(=Nc2ccccc2)N2CCOCC2)n1. The minimum atomic E-state index is -0.0752. The quantitative estimate of drug-likeness (QED) is 0.597. The smallest absolute Gasteiger partial charge is 0.236 e. The first-order valence-corrected chi connectivity index (χ1v) is 11.1. The zero-order valence-corrected chi connectivity index (χ0v) is 18.1. The second-order valence-corrected chi connectivity index (χ2v) is 9.25. The predicted octanol–water partition coefficient (Wildman–Crippen LogP) is 4.13. The van der Waals surface area contributed by atoms with Gasteiger partial charge in [0.25, 0.3) is 0 Å². The monoisotopic (exact) mass is 418 g/mol. The van der Waals surface area contributed by atoms with Crippen LogP contribution in [0, 0.1) is 0 Å². The van der Waals surface area contributed by atoms with Crippen molar-refractivity contribution in [2.45, 2.75) is 26.2 Å². The Morgan fingerprint density at radius 2 is 2.00 bits per heavy atom. The topological polar surface area (TPSA) is 66.8 Å². The second-order valence-electron chi connectivity index (χ2n) is 7.45. The predicted molar refractivity (Wildman–Crippen MR) is 118 cm³/mol. The van der Waals surface area contributed by atoms with Crippen molar-refractivity contribution in [3.05, 3.63) is 41.4 Å². The molecule has 1 amide bonds. The highest BCUT2D eigenvalue weighted by atomic mass is 32.2. The summed E-state index contributed by atoms with van der Waals surface area (Å²) in [5.41, 5.74) is 1.84. The Bertz CT molecular complexity index is 809. The lowest BCUT2D eigenvalue weighted by atomic mass is 9.93. The number of nitrogens with one attached hydrogen (secondary N) is 1. The lowest BCUT2D eigenvalue weighted by Gasteiger charge is -2.29. The zero-order chi connectivity index (χ0) is 20.0. The number of aliphatic imine (C=N–C) groups is 1. The Labute approximate surface area is 174 Å². The third-order valence-electron chi connectivity index (χ3n) is 4.11. The maximum atomic E-state index is 12.4. The lowest BCUT2D eigenvalue weighted by Crippen LogP contribution is -2.39. The second kappa shape index (κ2) is 9.54. The molecular formula is C20H26N4O2S2. The van der Waals surface area contributed by atoms with Crippen molar-refractivity contribution in [3.8, 4) is 0 Å². The number of nitrogens with zero attached hydrogens (tertiary/aromatic N) is 3. The molecule has 8 heteroatoms. The van der Waals surface area contributed by atoms with Crippen LogP contribution in [0.15, 0.2) is 40.7 Å². The Morgan fingerprint density at radius 1 is 1.29 bits per heavy atom. The first kappa shape index (κ1) is 20.8.